The Hall–Kier alpha value is -4.30. The molecule has 0 saturated heterocycles. The van der Waals surface area contributed by atoms with E-state index in [-0.39, 0.29) is 31.1 Å². The van der Waals surface area contributed by atoms with E-state index in [9.17, 15) is 9.59 Å². The number of allylic oxidation sites excluding steroid dienone is 1. The van der Waals surface area contributed by atoms with E-state index in [0.717, 1.165) is 48.3 Å². The fourth-order valence-corrected chi connectivity index (χ4v) is 4.98. The van der Waals surface area contributed by atoms with E-state index < -0.39 is 0 Å². The molecule has 8 bridgehead atoms. The lowest BCUT2D eigenvalue weighted by atomic mass is 9.89. The minimum Gasteiger partial charge on any atom is -0.492 e. The first-order valence-corrected chi connectivity index (χ1v) is 14.6. The predicted molar refractivity (Wildman–Crippen MR) is 160 cm³/mol. The van der Waals surface area contributed by atoms with Crippen LogP contribution in [0.2, 0.25) is 0 Å². The van der Waals surface area contributed by atoms with E-state index in [1.807, 2.05) is 72.8 Å². The summed E-state index contributed by atoms with van der Waals surface area (Å²) >= 11 is 0. The SMILES string of the molecule is O=C1COc2ccc(cc2)CC2C=CC(CC2)OCC(=O)NCCOc2ccc(cc2)Cc2ccc(cc2)OCCN1. The number of benzene rings is 3. The number of nitrogens with one attached hydrogen (secondary N) is 2. The molecule has 8 heteroatoms. The second-order valence-corrected chi connectivity index (χ2v) is 10.6. The number of ether oxygens (including phenoxy) is 4. The van der Waals surface area contributed by atoms with Crippen LogP contribution in [0.25, 0.3) is 0 Å². The number of hydrogen-bond donors (Lipinski definition) is 2. The molecule has 0 saturated carbocycles. The van der Waals surface area contributed by atoms with E-state index in [1.165, 1.54) is 5.56 Å². The van der Waals surface area contributed by atoms with Gasteiger partial charge in [0.1, 0.15) is 37.1 Å². The van der Waals surface area contributed by atoms with Gasteiger partial charge in [0.25, 0.3) is 5.91 Å². The third kappa shape index (κ3) is 9.38. The summed E-state index contributed by atoms with van der Waals surface area (Å²) in [6, 6.07) is 23.8. The van der Waals surface area contributed by atoms with Gasteiger partial charge in [-0.25, -0.2) is 0 Å². The zero-order chi connectivity index (χ0) is 29.0. The second kappa shape index (κ2) is 15.1. The quantitative estimate of drug-likeness (QED) is 0.393. The molecule has 2 amide bonds. The first kappa shape index (κ1) is 29.2. The summed E-state index contributed by atoms with van der Waals surface area (Å²) in [6.07, 6.45) is 7.75. The van der Waals surface area contributed by atoms with Gasteiger partial charge in [-0.3, -0.25) is 9.59 Å². The molecule has 42 heavy (non-hydrogen) atoms. The van der Waals surface area contributed by atoms with Crippen LogP contribution in [0.15, 0.2) is 84.9 Å². The monoisotopic (exact) mass is 570 g/mol. The van der Waals surface area contributed by atoms with Crippen LogP contribution in [0.4, 0.5) is 0 Å². The van der Waals surface area contributed by atoms with Gasteiger partial charge in [-0.1, -0.05) is 48.6 Å². The Morgan fingerprint density at radius 3 is 1.64 bits per heavy atom. The molecular formula is C34H38N2O6. The van der Waals surface area contributed by atoms with Crippen LogP contribution in [-0.4, -0.2) is 57.4 Å². The van der Waals surface area contributed by atoms with E-state index in [4.69, 9.17) is 18.9 Å². The molecule has 0 aromatic heterocycles. The van der Waals surface area contributed by atoms with Crippen molar-refractivity contribution in [1.29, 1.82) is 0 Å². The summed E-state index contributed by atoms with van der Waals surface area (Å²) in [6.45, 7) is 1.54. The molecule has 7 aliphatic heterocycles. The predicted octanol–water partition coefficient (Wildman–Crippen LogP) is 4.25. The van der Waals surface area contributed by atoms with Crippen LogP contribution >= 0.6 is 0 Å². The summed E-state index contributed by atoms with van der Waals surface area (Å²) in [4.78, 5) is 24.4. The molecule has 3 aromatic rings. The molecule has 3 aromatic carbocycles. The molecular weight excluding hydrogens is 532 g/mol. The van der Waals surface area contributed by atoms with Crippen LogP contribution in [0, 0.1) is 5.92 Å². The molecule has 220 valence electrons. The topological polar surface area (TPSA) is 95.1 Å². The summed E-state index contributed by atoms with van der Waals surface area (Å²) in [7, 11) is 0. The van der Waals surface area contributed by atoms with Gasteiger partial charge in [0.15, 0.2) is 6.61 Å². The van der Waals surface area contributed by atoms with Gasteiger partial charge < -0.3 is 29.6 Å². The minimum absolute atomic E-state index is 0.0287. The lowest BCUT2D eigenvalue weighted by Gasteiger charge is -2.23. The van der Waals surface area contributed by atoms with Gasteiger partial charge >= 0.3 is 0 Å². The zero-order valence-corrected chi connectivity index (χ0v) is 23.8. The molecule has 1 aliphatic carbocycles. The highest BCUT2D eigenvalue weighted by molar-refractivity contribution is 5.77. The maximum atomic E-state index is 12.2. The molecule has 11 rings (SSSR count). The Bertz CT molecular complexity index is 1320. The highest BCUT2D eigenvalue weighted by Gasteiger charge is 2.18. The molecule has 7 heterocycles. The Kier molecular flexibility index (Phi) is 10.5. The van der Waals surface area contributed by atoms with Crippen molar-refractivity contribution in [3.05, 3.63) is 102 Å². The van der Waals surface area contributed by atoms with Gasteiger partial charge in [0, 0.05) is 0 Å². The third-order valence-corrected chi connectivity index (χ3v) is 7.28. The lowest BCUT2D eigenvalue weighted by molar-refractivity contribution is -0.127. The lowest BCUT2D eigenvalue weighted by Crippen LogP contribution is -2.33. The molecule has 0 radical (unpaired) electrons. The Balaban J connectivity index is 1.17. The van der Waals surface area contributed by atoms with Crippen molar-refractivity contribution < 1.29 is 28.5 Å². The molecule has 8 aliphatic rings. The summed E-state index contributed by atoms with van der Waals surface area (Å²) in [5.74, 6) is 2.24. The van der Waals surface area contributed by atoms with Gasteiger partial charge in [-0.2, -0.15) is 0 Å². The highest BCUT2D eigenvalue weighted by atomic mass is 16.5. The van der Waals surface area contributed by atoms with Crippen LogP contribution in [0.5, 0.6) is 17.2 Å². The number of hydrogen-bond acceptors (Lipinski definition) is 6. The summed E-state index contributed by atoms with van der Waals surface area (Å²) in [5, 5.41) is 5.69. The number of carbonyl (C=O) groups excluding carboxylic acids is 2. The van der Waals surface area contributed by atoms with E-state index in [0.29, 0.717) is 38.0 Å². The Morgan fingerprint density at radius 2 is 1.10 bits per heavy atom. The van der Waals surface area contributed by atoms with E-state index in [2.05, 4.69) is 22.8 Å². The van der Waals surface area contributed by atoms with E-state index >= 15 is 0 Å². The number of rotatable bonds is 0. The van der Waals surface area contributed by atoms with Crippen LogP contribution in [-0.2, 0) is 27.2 Å². The summed E-state index contributed by atoms with van der Waals surface area (Å²) in [5.41, 5.74) is 3.53. The minimum atomic E-state index is -0.193. The standard InChI is InChI=1S/C34H38N2O6/c37-33-23-41-31-13-5-27(6-14-31)22-28-7-15-32(16-8-28)42-24-34(38)36-18-20-40-30-11-3-26(4-12-30)21-25-1-9-29(10-2-25)39-19-17-35-33/h1-7,9-15,28,32H,8,16-24H2,(H,35,37)(H,36,38). The largest absolute Gasteiger partial charge is 0.492 e. The molecule has 8 nitrogen and oxygen atoms in total. The Labute approximate surface area is 247 Å². The zero-order valence-electron chi connectivity index (χ0n) is 23.8. The molecule has 2 unspecified atom stereocenters. The molecule has 0 fully saturated rings. The fraction of sp³-hybridized carbons (Fsp3) is 0.353. The van der Waals surface area contributed by atoms with Gasteiger partial charge in [0.2, 0.25) is 5.91 Å². The maximum absolute atomic E-state index is 12.2. The molecule has 0 spiro atoms. The average Bonchev–Trinajstić information content (AvgIpc) is 3.02. The number of amides is 2. The van der Waals surface area contributed by atoms with Crippen LogP contribution in [0.1, 0.15) is 29.5 Å². The van der Waals surface area contributed by atoms with Crippen molar-refractivity contribution in [1.82, 2.24) is 10.6 Å². The van der Waals surface area contributed by atoms with Crippen molar-refractivity contribution in [2.24, 2.45) is 5.92 Å². The Morgan fingerprint density at radius 1 is 0.571 bits per heavy atom. The average molecular weight is 571 g/mol. The highest BCUT2D eigenvalue weighted by Crippen LogP contribution is 2.24. The molecule has 2 atom stereocenters. The van der Waals surface area contributed by atoms with Gasteiger partial charge in [-0.05, 0) is 84.7 Å². The van der Waals surface area contributed by atoms with Crippen molar-refractivity contribution in [2.45, 2.75) is 31.8 Å². The van der Waals surface area contributed by atoms with Crippen LogP contribution in [0.3, 0.4) is 0 Å². The van der Waals surface area contributed by atoms with Crippen LogP contribution < -0.4 is 24.8 Å². The first-order valence-electron chi connectivity index (χ1n) is 14.6. The van der Waals surface area contributed by atoms with Crippen molar-refractivity contribution >= 4 is 11.8 Å². The normalized spacial score (nSPS) is 20.8. The van der Waals surface area contributed by atoms with Gasteiger partial charge in [0.05, 0.1) is 19.2 Å². The van der Waals surface area contributed by atoms with Crippen molar-refractivity contribution in [3.8, 4) is 17.2 Å². The van der Waals surface area contributed by atoms with E-state index in [1.54, 1.807) is 0 Å². The maximum Gasteiger partial charge on any atom is 0.258 e. The van der Waals surface area contributed by atoms with Gasteiger partial charge in [-0.15, -0.1) is 0 Å². The first-order chi connectivity index (χ1) is 20.6. The summed E-state index contributed by atoms with van der Waals surface area (Å²) < 4.78 is 23.0. The smallest absolute Gasteiger partial charge is 0.258 e. The number of carbonyl (C=O) groups is 2. The third-order valence-electron chi connectivity index (χ3n) is 7.28. The fourth-order valence-electron chi connectivity index (χ4n) is 4.98. The van der Waals surface area contributed by atoms with Crippen molar-refractivity contribution in [3.63, 3.8) is 0 Å². The van der Waals surface area contributed by atoms with Crippen molar-refractivity contribution in [2.75, 3.05) is 39.5 Å². The second-order valence-electron chi connectivity index (χ2n) is 10.6. The molecule has 2 N–H and O–H groups in total.